The van der Waals surface area contributed by atoms with Crippen LogP contribution in [0.25, 0.3) is 0 Å². The molecule has 0 saturated heterocycles. The van der Waals surface area contributed by atoms with E-state index in [4.69, 9.17) is 4.74 Å². The number of aliphatic imine (C=N–C) groups is 1. The largest absolute Gasteiger partial charge is 0.475 e. The molecule has 1 aromatic rings. The summed E-state index contributed by atoms with van der Waals surface area (Å²) in [5.74, 6) is 1.55. The number of pyridine rings is 1. The van der Waals surface area contributed by atoms with Crippen LogP contribution in [0.5, 0.6) is 5.88 Å². The minimum Gasteiger partial charge on any atom is -0.475 e. The Balaban J connectivity index is 2.00. The molecule has 1 aliphatic rings. The second-order valence-electron chi connectivity index (χ2n) is 7.91. The maximum atomic E-state index is 12.7. The SMILES string of the molecule is CCNC(=NCc1ccc(OC(C)C)nc1)NCC1(C(=O)N(C)C)CCCC1. The van der Waals surface area contributed by atoms with Gasteiger partial charge in [0.15, 0.2) is 5.96 Å². The molecule has 2 N–H and O–H groups in total. The van der Waals surface area contributed by atoms with Gasteiger partial charge in [-0.1, -0.05) is 18.9 Å². The van der Waals surface area contributed by atoms with E-state index in [-0.39, 0.29) is 17.4 Å². The van der Waals surface area contributed by atoms with Crippen LogP contribution in [0.4, 0.5) is 0 Å². The van der Waals surface area contributed by atoms with Gasteiger partial charge in [0.2, 0.25) is 11.8 Å². The lowest BCUT2D eigenvalue weighted by atomic mass is 9.84. The van der Waals surface area contributed by atoms with Crippen LogP contribution >= 0.6 is 0 Å². The van der Waals surface area contributed by atoms with Crippen LogP contribution in [-0.2, 0) is 11.3 Å². The van der Waals surface area contributed by atoms with Gasteiger partial charge in [-0.05, 0) is 39.2 Å². The number of carbonyl (C=O) groups excluding carboxylic acids is 1. The number of nitrogens with zero attached hydrogens (tertiary/aromatic N) is 3. The highest BCUT2D eigenvalue weighted by molar-refractivity contribution is 5.85. The summed E-state index contributed by atoms with van der Waals surface area (Å²) in [4.78, 5) is 23.4. The number of hydrogen-bond donors (Lipinski definition) is 2. The Morgan fingerprint density at radius 1 is 1.29 bits per heavy atom. The van der Waals surface area contributed by atoms with E-state index in [1.807, 2.05) is 47.0 Å². The lowest BCUT2D eigenvalue weighted by Crippen LogP contribution is -2.49. The highest BCUT2D eigenvalue weighted by Crippen LogP contribution is 2.38. The lowest BCUT2D eigenvalue weighted by molar-refractivity contribution is -0.138. The van der Waals surface area contributed by atoms with Crippen LogP contribution in [-0.4, -0.2) is 55.0 Å². The number of nitrogens with one attached hydrogen (secondary N) is 2. The summed E-state index contributed by atoms with van der Waals surface area (Å²) in [6, 6.07) is 3.85. The molecule has 1 saturated carbocycles. The third-order valence-corrected chi connectivity index (χ3v) is 4.93. The number of guanidine groups is 1. The van der Waals surface area contributed by atoms with Gasteiger partial charge in [0, 0.05) is 39.4 Å². The molecule has 2 rings (SSSR count). The zero-order valence-corrected chi connectivity index (χ0v) is 17.9. The molecule has 1 aromatic heterocycles. The second-order valence-corrected chi connectivity index (χ2v) is 7.91. The molecule has 7 heteroatoms. The quantitative estimate of drug-likeness (QED) is 0.528. The number of amides is 1. The molecule has 28 heavy (non-hydrogen) atoms. The number of hydrogen-bond acceptors (Lipinski definition) is 4. The highest BCUT2D eigenvalue weighted by atomic mass is 16.5. The van der Waals surface area contributed by atoms with Crippen LogP contribution in [0.1, 0.15) is 52.0 Å². The van der Waals surface area contributed by atoms with Crippen molar-refractivity contribution in [3.8, 4) is 5.88 Å². The molecule has 0 aliphatic heterocycles. The van der Waals surface area contributed by atoms with E-state index in [1.165, 1.54) is 0 Å². The lowest BCUT2D eigenvalue weighted by Gasteiger charge is -2.31. The minimum atomic E-state index is -0.322. The Morgan fingerprint density at radius 2 is 2.00 bits per heavy atom. The second kappa shape index (κ2) is 10.3. The molecule has 0 bridgehead atoms. The van der Waals surface area contributed by atoms with Crippen LogP contribution in [0.15, 0.2) is 23.3 Å². The van der Waals surface area contributed by atoms with Crippen molar-refractivity contribution in [1.29, 1.82) is 0 Å². The standard InChI is InChI=1S/C21H35N5O2/c1-6-22-20(24-14-17-9-10-18(23-13-17)28-16(2)3)25-15-21(11-7-8-12-21)19(27)26(4)5/h9-10,13,16H,6-8,11-12,14-15H2,1-5H3,(H2,22,24,25). The zero-order chi connectivity index (χ0) is 20.6. The highest BCUT2D eigenvalue weighted by Gasteiger charge is 2.42. The third kappa shape index (κ3) is 6.11. The molecule has 0 aromatic carbocycles. The van der Waals surface area contributed by atoms with Crippen molar-refractivity contribution in [3.05, 3.63) is 23.9 Å². The third-order valence-electron chi connectivity index (χ3n) is 4.93. The predicted octanol–water partition coefficient (Wildman–Crippen LogP) is 2.57. The van der Waals surface area contributed by atoms with Gasteiger partial charge < -0.3 is 20.3 Å². The van der Waals surface area contributed by atoms with E-state index in [9.17, 15) is 4.79 Å². The molecular formula is C21H35N5O2. The Morgan fingerprint density at radius 3 is 2.54 bits per heavy atom. The summed E-state index contributed by atoms with van der Waals surface area (Å²) in [6.45, 7) is 7.87. The first-order valence-electron chi connectivity index (χ1n) is 10.2. The molecule has 1 heterocycles. The van der Waals surface area contributed by atoms with Crippen molar-refractivity contribution < 1.29 is 9.53 Å². The number of ether oxygens (including phenoxy) is 1. The van der Waals surface area contributed by atoms with Crippen LogP contribution in [0, 0.1) is 5.41 Å². The predicted molar refractivity (Wildman–Crippen MR) is 112 cm³/mol. The summed E-state index contributed by atoms with van der Waals surface area (Å²) in [7, 11) is 3.67. The van der Waals surface area contributed by atoms with Gasteiger partial charge in [-0.25, -0.2) is 9.98 Å². The first kappa shape index (κ1) is 22.0. The van der Waals surface area contributed by atoms with Crippen LogP contribution in [0.3, 0.4) is 0 Å². The van der Waals surface area contributed by atoms with Crippen LogP contribution < -0.4 is 15.4 Å². The Kier molecular flexibility index (Phi) is 8.08. The van der Waals surface area contributed by atoms with E-state index in [0.29, 0.717) is 19.0 Å². The molecule has 1 aliphatic carbocycles. The summed E-state index contributed by atoms with van der Waals surface area (Å²) >= 11 is 0. The first-order chi connectivity index (χ1) is 13.4. The maximum absolute atomic E-state index is 12.7. The minimum absolute atomic E-state index is 0.105. The Hall–Kier alpha value is -2.31. The molecule has 0 atom stereocenters. The fourth-order valence-corrected chi connectivity index (χ4v) is 3.57. The van der Waals surface area contributed by atoms with Gasteiger partial charge in [-0.3, -0.25) is 4.79 Å². The van der Waals surface area contributed by atoms with Crippen molar-refractivity contribution in [2.24, 2.45) is 10.4 Å². The van der Waals surface area contributed by atoms with Crippen LogP contribution in [0.2, 0.25) is 0 Å². The summed E-state index contributed by atoms with van der Waals surface area (Å²) < 4.78 is 5.57. The van der Waals surface area contributed by atoms with Crippen molar-refractivity contribution >= 4 is 11.9 Å². The Labute approximate surface area is 169 Å². The van der Waals surface area contributed by atoms with Crippen molar-refractivity contribution in [3.63, 3.8) is 0 Å². The number of aromatic nitrogens is 1. The molecule has 0 spiro atoms. The van der Waals surface area contributed by atoms with Gasteiger partial charge in [-0.2, -0.15) is 0 Å². The molecule has 0 radical (unpaired) electrons. The van der Waals surface area contributed by atoms with E-state index < -0.39 is 0 Å². The van der Waals surface area contributed by atoms with Gasteiger partial charge in [0.05, 0.1) is 18.1 Å². The summed E-state index contributed by atoms with van der Waals surface area (Å²) in [5, 5.41) is 6.66. The van der Waals surface area contributed by atoms with Crippen molar-refractivity contribution in [2.75, 3.05) is 27.2 Å². The monoisotopic (exact) mass is 389 g/mol. The van der Waals surface area contributed by atoms with Crippen molar-refractivity contribution in [2.45, 2.75) is 59.1 Å². The molecule has 1 amide bonds. The smallest absolute Gasteiger partial charge is 0.230 e. The van der Waals surface area contributed by atoms with E-state index in [1.54, 1.807) is 11.1 Å². The van der Waals surface area contributed by atoms with Gasteiger partial charge in [0.1, 0.15) is 0 Å². The van der Waals surface area contributed by atoms with Crippen molar-refractivity contribution in [1.82, 2.24) is 20.5 Å². The number of carbonyl (C=O) groups is 1. The molecule has 1 fully saturated rings. The fourth-order valence-electron chi connectivity index (χ4n) is 3.57. The average Bonchev–Trinajstić information content (AvgIpc) is 3.14. The maximum Gasteiger partial charge on any atom is 0.230 e. The van der Waals surface area contributed by atoms with Gasteiger partial charge in [0.25, 0.3) is 0 Å². The van der Waals surface area contributed by atoms with Gasteiger partial charge >= 0.3 is 0 Å². The van der Waals surface area contributed by atoms with E-state index >= 15 is 0 Å². The normalized spacial score (nSPS) is 16.1. The number of rotatable bonds is 8. The average molecular weight is 390 g/mol. The van der Waals surface area contributed by atoms with Gasteiger partial charge in [-0.15, -0.1) is 0 Å². The fraction of sp³-hybridized carbons (Fsp3) is 0.667. The molecule has 156 valence electrons. The molecule has 7 nitrogen and oxygen atoms in total. The molecule has 0 unspecified atom stereocenters. The topological polar surface area (TPSA) is 78.9 Å². The van der Waals surface area contributed by atoms with E-state index in [2.05, 4.69) is 20.6 Å². The molecular weight excluding hydrogens is 354 g/mol. The first-order valence-corrected chi connectivity index (χ1v) is 10.2. The van der Waals surface area contributed by atoms with E-state index in [0.717, 1.165) is 43.8 Å². The summed E-state index contributed by atoms with van der Waals surface area (Å²) in [6.07, 6.45) is 5.96. The Bertz CT molecular complexity index is 649. The summed E-state index contributed by atoms with van der Waals surface area (Å²) in [5.41, 5.74) is 0.685. The zero-order valence-electron chi connectivity index (χ0n) is 17.9.